The van der Waals surface area contributed by atoms with Crippen LogP contribution < -0.4 is 15.4 Å². The van der Waals surface area contributed by atoms with Crippen molar-refractivity contribution >= 4 is 23.6 Å². The summed E-state index contributed by atoms with van der Waals surface area (Å²) in [5, 5.41) is 5.83. The number of nitrogens with one attached hydrogen (secondary N) is 2. The maximum Gasteiger partial charge on any atom is 0.408 e. The zero-order valence-corrected chi connectivity index (χ0v) is 25.1. The third kappa shape index (κ3) is 8.12. The fraction of sp³-hybridized carbons (Fsp3) is 0.382. The Morgan fingerprint density at radius 3 is 2.12 bits per heavy atom. The lowest BCUT2D eigenvalue weighted by molar-refractivity contribution is -0.145. The summed E-state index contributed by atoms with van der Waals surface area (Å²) < 4.78 is 10.8. The highest BCUT2D eigenvalue weighted by molar-refractivity contribution is 5.99. The number of methoxy groups -OCH3 is 1. The second-order valence-corrected chi connectivity index (χ2v) is 11.7. The molecule has 8 nitrogen and oxygen atoms in total. The average molecular weight is 572 g/mol. The molecule has 0 spiro atoms. The van der Waals surface area contributed by atoms with E-state index in [4.69, 9.17) is 9.47 Å². The number of aryl methyl sites for hydroxylation is 1. The van der Waals surface area contributed by atoms with E-state index in [1.807, 2.05) is 61.5 Å². The van der Waals surface area contributed by atoms with E-state index in [1.165, 1.54) is 0 Å². The first-order valence-electron chi connectivity index (χ1n) is 14.4. The first-order valence-corrected chi connectivity index (χ1v) is 14.4. The van der Waals surface area contributed by atoms with Gasteiger partial charge in [-0.3, -0.25) is 9.59 Å². The van der Waals surface area contributed by atoms with Crippen LogP contribution in [0.5, 0.6) is 5.75 Å². The van der Waals surface area contributed by atoms with E-state index in [-0.39, 0.29) is 24.3 Å². The Balaban J connectivity index is 1.72. The van der Waals surface area contributed by atoms with Gasteiger partial charge in [0, 0.05) is 18.2 Å². The number of benzene rings is 3. The van der Waals surface area contributed by atoms with Crippen molar-refractivity contribution in [3.63, 3.8) is 0 Å². The molecule has 3 aromatic rings. The third-order valence-electron chi connectivity index (χ3n) is 7.27. The maximum atomic E-state index is 14.6. The molecular formula is C34H41N3O5. The average Bonchev–Trinajstić information content (AvgIpc) is 2.92. The number of alkyl carbamates (subject to hydrolysis) is 1. The van der Waals surface area contributed by atoms with Crippen LogP contribution in [0.4, 0.5) is 10.5 Å². The molecule has 0 bridgehead atoms. The van der Waals surface area contributed by atoms with Crippen LogP contribution in [-0.2, 0) is 20.7 Å². The van der Waals surface area contributed by atoms with Gasteiger partial charge in [0.25, 0.3) is 5.91 Å². The van der Waals surface area contributed by atoms with Crippen LogP contribution >= 0.6 is 0 Å². The van der Waals surface area contributed by atoms with Crippen LogP contribution in [0.2, 0.25) is 0 Å². The fourth-order valence-corrected chi connectivity index (χ4v) is 4.93. The molecular weight excluding hydrogens is 530 g/mol. The lowest BCUT2D eigenvalue weighted by Crippen LogP contribution is -2.57. The number of amides is 3. The maximum absolute atomic E-state index is 14.6. The molecule has 1 fully saturated rings. The number of rotatable bonds is 10. The van der Waals surface area contributed by atoms with Gasteiger partial charge in [0.1, 0.15) is 23.4 Å². The van der Waals surface area contributed by atoms with Crippen molar-refractivity contribution < 1.29 is 23.9 Å². The van der Waals surface area contributed by atoms with Gasteiger partial charge < -0.3 is 25.0 Å². The van der Waals surface area contributed by atoms with Gasteiger partial charge in [-0.2, -0.15) is 0 Å². The van der Waals surface area contributed by atoms with Crippen molar-refractivity contribution in [1.82, 2.24) is 10.2 Å². The Hall–Kier alpha value is -4.33. The van der Waals surface area contributed by atoms with Crippen LogP contribution in [0.1, 0.15) is 62.8 Å². The summed E-state index contributed by atoms with van der Waals surface area (Å²) >= 11 is 0. The Bertz CT molecular complexity index is 1350. The zero-order valence-electron chi connectivity index (χ0n) is 25.1. The summed E-state index contributed by atoms with van der Waals surface area (Å²) in [7, 11) is 1.58. The number of hydrogen-bond donors (Lipinski definition) is 2. The molecule has 0 heterocycles. The van der Waals surface area contributed by atoms with E-state index in [0.717, 1.165) is 30.4 Å². The Kier molecular flexibility index (Phi) is 9.88. The number of hydrogen-bond acceptors (Lipinski definition) is 5. The molecule has 4 rings (SSSR count). The van der Waals surface area contributed by atoms with Gasteiger partial charge in [-0.05, 0) is 82.3 Å². The molecule has 0 radical (unpaired) electrons. The predicted molar refractivity (Wildman–Crippen MR) is 163 cm³/mol. The number of anilines is 1. The molecule has 0 aliphatic heterocycles. The zero-order chi connectivity index (χ0) is 30.3. The lowest BCUT2D eigenvalue weighted by atomic mass is 9.87. The van der Waals surface area contributed by atoms with Crippen LogP contribution in [-0.4, -0.2) is 47.6 Å². The number of ether oxygens (including phenoxy) is 2. The van der Waals surface area contributed by atoms with Crippen molar-refractivity contribution in [3.05, 3.63) is 95.6 Å². The van der Waals surface area contributed by atoms with Gasteiger partial charge in [-0.25, -0.2) is 4.79 Å². The van der Waals surface area contributed by atoms with Crippen LogP contribution in [0, 0.1) is 6.92 Å². The summed E-state index contributed by atoms with van der Waals surface area (Å²) in [4.78, 5) is 43.3. The number of carbonyl (C=O) groups is 3. The fourth-order valence-electron chi connectivity index (χ4n) is 4.93. The van der Waals surface area contributed by atoms with Crippen molar-refractivity contribution in [2.45, 2.75) is 77.1 Å². The lowest BCUT2D eigenvalue weighted by Gasteiger charge is -2.43. The highest BCUT2D eigenvalue weighted by atomic mass is 16.6. The van der Waals surface area contributed by atoms with Crippen molar-refractivity contribution in [2.75, 3.05) is 12.4 Å². The second kappa shape index (κ2) is 13.6. The molecule has 2 N–H and O–H groups in total. The molecule has 42 heavy (non-hydrogen) atoms. The molecule has 222 valence electrons. The van der Waals surface area contributed by atoms with Gasteiger partial charge in [-0.1, -0.05) is 60.2 Å². The quantitative estimate of drug-likeness (QED) is 0.302. The molecule has 1 aliphatic carbocycles. The molecule has 2 unspecified atom stereocenters. The summed E-state index contributed by atoms with van der Waals surface area (Å²) in [6, 6.07) is 22.2. The molecule has 1 saturated carbocycles. The molecule has 0 aromatic heterocycles. The standard InChI is InChI=1S/C34H41N3O5/c1-23-14-16-25(17-15-23)30(31(38)35-26-18-20-28(41-5)21-19-26)37(27-12-9-13-27)32(39)29(22-24-10-7-6-8-11-24)36-33(40)42-34(2,3)4/h6-8,10-11,14-21,27,29-30H,9,12-13,22H2,1-5H3,(H,35,38)(H,36,40). The Morgan fingerprint density at radius 2 is 1.57 bits per heavy atom. The van der Waals surface area contributed by atoms with Crippen molar-refractivity contribution in [2.24, 2.45) is 0 Å². The van der Waals surface area contributed by atoms with Crippen LogP contribution in [0.25, 0.3) is 0 Å². The van der Waals surface area contributed by atoms with Gasteiger partial charge >= 0.3 is 6.09 Å². The number of carbonyl (C=O) groups excluding carboxylic acids is 3. The van der Waals surface area contributed by atoms with E-state index >= 15 is 0 Å². The van der Waals surface area contributed by atoms with E-state index < -0.39 is 23.8 Å². The minimum absolute atomic E-state index is 0.149. The molecule has 3 aromatic carbocycles. The van der Waals surface area contributed by atoms with Gasteiger partial charge in [-0.15, -0.1) is 0 Å². The van der Waals surface area contributed by atoms with Gasteiger partial charge in [0.05, 0.1) is 7.11 Å². The second-order valence-electron chi connectivity index (χ2n) is 11.7. The summed E-state index contributed by atoms with van der Waals surface area (Å²) in [5.41, 5.74) is 2.48. The molecule has 1 aliphatic rings. The topological polar surface area (TPSA) is 97.0 Å². The largest absolute Gasteiger partial charge is 0.497 e. The first kappa shape index (κ1) is 30.6. The van der Waals surface area contributed by atoms with Gasteiger partial charge in [0.2, 0.25) is 5.91 Å². The summed E-state index contributed by atoms with van der Waals surface area (Å²) in [5.74, 6) is 0.0104. The summed E-state index contributed by atoms with van der Waals surface area (Å²) in [6.45, 7) is 7.31. The van der Waals surface area contributed by atoms with E-state index in [9.17, 15) is 14.4 Å². The van der Waals surface area contributed by atoms with Crippen molar-refractivity contribution in [1.29, 1.82) is 0 Å². The van der Waals surface area contributed by atoms with E-state index in [0.29, 0.717) is 17.0 Å². The van der Waals surface area contributed by atoms with E-state index in [2.05, 4.69) is 10.6 Å². The van der Waals surface area contributed by atoms with Crippen LogP contribution in [0.15, 0.2) is 78.9 Å². The molecule has 8 heteroatoms. The third-order valence-corrected chi connectivity index (χ3v) is 7.27. The number of nitrogens with zero attached hydrogens (tertiary/aromatic N) is 1. The Morgan fingerprint density at radius 1 is 0.929 bits per heavy atom. The van der Waals surface area contributed by atoms with E-state index in [1.54, 1.807) is 57.0 Å². The highest BCUT2D eigenvalue weighted by Crippen LogP contribution is 2.35. The van der Waals surface area contributed by atoms with Crippen molar-refractivity contribution in [3.8, 4) is 5.75 Å². The smallest absolute Gasteiger partial charge is 0.408 e. The van der Waals surface area contributed by atoms with Crippen LogP contribution in [0.3, 0.4) is 0 Å². The molecule has 3 amide bonds. The minimum atomic E-state index is -0.940. The minimum Gasteiger partial charge on any atom is -0.497 e. The first-order chi connectivity index (χ1) is 20.0. The molecule has 0 saturated heterocycles. The highest BCUT2D eigenvalue weighted by Gasteiger charge is 2.42. The normalized spacial score (nSPS) is 14.6. The summed E-state index contributed by atoms with van der Waals surface area (Å²) in [6.07, 6.45) is 2.07. The SMILES string of the molecule is COc1ccc(NC(=O)C(c2ccc(C)cc2)N(C(=O)C(Cc2ccccc2)NC(=O)OC(C)(C)C)C2CCC2)cc1. The van der Waals surface area contributed by atoms with Gasteiger partial charge in [0.15, 0.2) is 0 Å². The Labute approximate surface area is 248 Å². The predicted octanol–water partition coefficient (Wildman–Crippen LogP) is 6.20. The monoisotopic (exact) mass is 571 g/mol. The molecule has 2 atom stereocenters.